The van der Waals surface area contributed by atoms with Gasteiger partial charge in [-0.05, 0) is 12.5 Å². The molecule has 0 N–H and O–H groups in total. The summed E-state index contributed by atoms with van der Waals surface area (Å²) in [7, 11) is 1.67. The Morgan fingerprint density at radius 1 is 1.29 bits per heavy atom. The van der Waals surface area contributed by atoms with Gasteiger partial charge in [-0.15, -0.1) is 0 Å². The van der Waals surface area contributed by atoms with Crippen molar-refractivity contribution in [3.63, 3.8) is 0 Å². The van der Waals surface area contributed by atoms with Gasteiger partial charge in [-0.3, -0.25) is 10.1 Å². The molecule has 1 aromatic carbocycles. The van der Waals surface area contributed by atoms with E-state index in [1.807, 2.05) is 0 Å². The van der Waals surface area contributed by atoms with Crippen LogP contribution in [0.15, 0.2) is 24.3 Å². The lowest BCUT2D eigenvalue weighted by Crippen LogP contribution is -2.28. The number of carbonyl (C=O) groups excluding carboxylic acids is 1. The Kier molecular flexibility index (Phi) is 7.21. The molecule has 21 heavy (non-hydrogen) atoms. The van der Waals surface area contributed by atoms with E-state index in [1.165, 1.54) is 11.0 Å². The summed E-state index contributed by atoms with van der Waals surface area (Å²) in [6.45, 7) is 2.68. The molecule has 0 radical (unpaired) electrons. The minimum atomic E-state index is -0.475. The molecule has 1 aromatic rings. The number of nitro groups is 1. The first-order chi connectivity index (χ1) is 10.1. The lowest BCUT2D eigenvalue weighted by atomic mass is 10.2. The van der Waals surface area contributed by atoms with Crippen molar-refractivity contribution in [1.82, 2.24) is 4.90 Å². The lowest BCUT2D eigenvalue weighted by molar-refractivity contribution is -0.385. The summed E-state index contributed by atoms with van der Waals surface area (Å²) in [5, 5.41) is 10.9. The first-order valence-electron chi connectivity index (χ1n) is 7.16. The number of ether oxygens (including phenoxy) is 1. The number of carbonyl (C=O) groups is 1. The number of unbranched alkanes of at least 4 members (excludes halogenated alkanes) is 3. The molecule has 0 unspecified atom stereocenters. The quantitative estimate of drug-likeness (QED) is 0.416. The summed E-state index contributed by atoms with van der Waals surface area (Å²) in [6.07, 6.45) is 3.86. The first kappa shape index (κ1) is 16.9. The molecule has 0 saturated carbocycles. The van der Waals surface area contributed by atoms with Crippen molar-refractivity contribution in [2.75, 3.05) is 13.6 Å². The topological polar surface area (TPSA) is 72.7 Å². The summed E-state index contributed by atoms with van der Waals surface area (Å²) >= 11 is 0. The number of hydrogen-bond donors (Lipinski definition) is 0. The summed E-state index contributed by atoms with van der Waals surface area (Å²) in [5.74, 6) is 0. The van der Waals surface area contributed by atoms with Crippen molar-refractivity contribution >= 4 is 11.8 Å². The maximum atomic E-state index is 11.8. The Balaban J connectivity index is 2.44. The fraction of sp³-hybridized carbons (Fsp3) is 0.533. The zero-order valence-electron chi connectivity index (χ0n) is 12.6. The zero-order valence-corrected chi connectivity index (χ0v) is 12.6. The van der Waals surface area contributed by atoms with E-state index in [2.05, 4.69) is 6.92 Å². The van der Waals surface area contributed by atoms with Crippen LogP contribution in [0, 0.1) is 10.1 Å². The molecule has 0 saturated heterocycles. The SMILES string of the molecule is CCCCCCN(C)C(=O)OCc1ccccc1[N+](=O)[O-]. The number of hydrogen-bond acceptors (Lipinski definition) is 4. The van der Waals surface area contributed by atoms with Crippen molar-refractivity contribution < 1.29 is 14.5 Å². The number of nitrogens with zero attached hydrogens (tertiary/aromatic N) is 2. The van der Waals surface area contributed by atoms with Crippen molar-refractivity contribution in [2.24, 2.45) is 0 Å². The third kappa shape index (κ3) is 5.81. The molecular formula is C15H22N2O4. The Hall–Kier alpha value is -2.11. The van der Waals surface area contributed by atoms with Gasteiger partial charge in [0.25, 0.3) is 5.69 Å². The van der Waals surface area contributed by atoms with E-state index in [0.717, 1.165) is 25.7 Å². The molecule has 0 heterocycles. The molecule has 6 nitrogen and oxygen atoms in total. The van der Waals surface area contributed by atoms with Crippen molar-refractivity contribution in [3.05, 3.63) is 39.9 Å². The van der Waals surface area contributed by atoms with Crippen LogP contribution in [-0.2, 0) is 11.3 Å². The maximum absolute atomic E-state index is 11.8. The van der Waals surface area contributed by atoms with Crippen LogP contribution >= 0.6 is 0 Å². The van der Waals surface area contributed by atoms with E-state index >= 15 is 0 Å². The van der Waals surface area contributed by atoms with Crippen LogP contribution in [0.5, 0.6) is 0 Å². The van der Waals surface area contributed by atoms with Gasteiger partial charge in [0.05, 0.1) is 10.5 Å². The van der Waals surface area contributed by atoms with E-state index in [9.17, 15) is 14.9 Å². The highest BCUT2D eigenvalue weighted by Crippen LogP contribution is 2.18. The second-order valence-corrected chi connectivity index (χ2v) is 4.92. The fourth-order valence-electron chi connectivity index (χ4n) is 1.93. The van der Waals surface area contributed by atoms with Gasteiger partial charge in [-0.25, -0.2) is 4.79 Å². The van der Waals surface area contributed by atoms with Crippen molar-refractivity contribution in [1.29, 1.82) is 0 Å². The van der Waals surface area contributed by atoms with Gasteiger partial charge in [0.1, 0.15) is 6.61 Å². The van der Waals surface area contributed by atoms with Crippen LogP contribution in [0.1, 0.15) is 38.2 Å². The minimum absolute atomic E-state index is 0.0316. The molecule has 116 valence electrons. The van der Waals surface area contributed by atoms with E-state index < -0.39 is 11.0 Å². The molecular weight excluding hydrogens is 272 g/mol. The Morgan fingerprint density at radius 3 is 2.67 bits per heavy atom. The molecule has 0 atom stereocenters. The second-order valence-electron chi connectivity index (χ2n) is 4.92. The predicted octanol–water partition coefficient (Wildman–Crippen LogP) is 3.74. The number of nitro benzene ring substituents is 1. The average Bonchev–Trinajstić information content (AvgIpc) is 2.49. The zero-order chi connectivity index (χ0) is 15.7. The standard InChI is InChI=1S/C15H22N2O4/c1-3-4-5-8-11-16(2)15(18)21-12-13-9-6-7-10-14(13)17(19)20/h6-7,9-10H,3-5,8,11-12H2,1-2H3. The summed E-state index contributed by atoms with van der Waals surface area (Å²) in [5.41, 5.74) is 0.367. The Labute approximate surface area is 124 Å². The van der Waals surface area contributed by atoms with Crippen LogP contribution in [0.25, 0.3) is 0 Å². The minimum Gasteiger partial charge on any atom is -0.444 e. The van der Waals surface area contributed by atoms with Crippen molar-refractivity contribution in [2.45, 2.75) is 39.2 Å². The van der Waals surface area contributed by atoms with Gasteiger partial charge in [-0.2, -0.15) is 0 Å². The Bertz CT molecular complexity index is 476. The van der Waals surface area contributed by atoms with Crippen LogP contribution in [0.2, 0.25) is 0 Å². The van der Waals surface area contributed by atoms with Crippen LogP contribution in [0.4, 0.5) is 10.5 Å². The maximum Gasteiger partial charge on any atom is 0.409 e. The third-order valence-corrected chi connectivity index (χ3v) is 3.20. The van der Waals surface area contributed by atoms with Gasteiger partial charge in [0, 0.05) is 19.7 Å². The van der Waals surface area contributed by atoms with Crippen LogP contribution in [0.3, 0.4) is 0 Å². The molecule has 0 spiro atoms. The van der Waals surface area contributed by atoms with E-state index in [4.69, 9.17) is 4.74 Å². The van der Waals surface area contributed by atoms with Crippen molar-refractivity contribution in [3.8, 4) is 0 Å². The lowest BCUT2D eigenvalue weighted by Gasteiger charge is -2.16. The molecule has 1 amide bonds. The second kappa shape index (κ2) is 8.94. The van der Waals surface area contributed by atoms with E-state index in [0.29, 0.717) is 12.1 Å². The first-order valence-corrected chi connectivity index (χ1v) is 7.16. The Morgan fingerprint density at radius 2 is 2.00 bits per heavy atom. The van der Waals surface area contributed by atoms with Gasteiger partial charge in [-0.1, -0.05) is 38.3 Å². The molecule has 0 aliphatic rings. The van der Waals surface area contributed by atoms with Gasteiger partial charge >= 0.3 is 6.09 Å². The number of benzene rings is 1. The number of amides is 1. The molecule has 6 heteroatoms. The summed E-state index contributed by atoms with van der Waals surface area (Å²) in [4.78, 5) is 23.7. The van der Waals surface area contributed by atoms with Gasteiger partial charge in [0.15, 0.2) is 0 Å². The van der Waals surface area contributed by atoms with E-state index in [-0.39, 0.29) is 12.3 Å². The molecule has 1 rings (SSSR count). The molecule has 0 aromatic heterocycles. The third-order valence-electron chi connectivity index (χ3n) is 3.20. The monoisotopic (exact) mass is 294 g/mol. The number of para-hydroxylation sites is 1. The summed E-state index contributed by atoms with van der Waals surface area (Å²) in [6, 6.07) is 6.26. The summed E-state index contributed by atoms with van der Waals surface area (Å²) < 4.78 is 5.12. The number of rotatable bonds is 8. The largest absolute Gasteiger partial charge is 0.444 e. The average molecular weight is 294 g/mol. The van der Waals surface area contributed by atoms with Gasteiger partial charge < -0.3 is 9.64 Å². The fourth-order valence-corrected chi connectivity index (χ4v) is 1.93. The smallest absolute Gasteiger partial charge is 0.409 e. The highest BCUT2D eigenvalue weighted by atomic mass is 16.6. The van der Waals surface area contributed by atoms with Crippen LogP contribution in [-0.4, -0.2) is 29.5 Å². The molecule has 0 aliphatic heterocycles. The predicted molar refractivity (Wildman–Crippen MR) is 80.1 cm³/mol. The molecule has 0 bridgehead atoms. The normalized spacial score (nSPS) is 10.2. The molecule has 0 aliphatic carbocycles. The highest BCUT2D eigenvalue weighted by molar-refractivity contribution is 5.67. The molecule has 0 fully saturated rings. The van der Waals surface area contributed by atoms with E-state index in [1.54, 1.807) is 25.2 Å². The van der Waals surface area contributed by atoms with Crippen LogP contribution < -0.4 is 0 Å². The van der Waals surface area contributed by atoms with Gasteiger partial charge in [0.2, 0.25) is 0 Å². The highest BCUT2D eigenvalue weighted by Gasteiger charge is 2.15.